The molecule has 2 aromatic rings. The van der Waals surface area contributed by atoms with Crippen LogP contribution in [0.25, 0.3) is 10.9 Å². The van der Waals surface area contributed by atoms with E-state index in [4.69, 9.17) is 5.73 Å². The van der Waals surface area contributed by atoms with E-state index in [1.165, 1.54) is 0 Å². The molecule has 3 nitrogen and oxygen atoms in total. The van der Waals surface area contributed by atoms with Gasteiger partial charge in [-0.05, 0) is 13.0 Å². The van der Waals surface area contributed by atoms with Gasteiger partial charge >= 0.3 is 0 Å². The summed E-state index contributed by atoms with van der Waals surface area (Å²) in [7, 11) is 0. The number of hydrogen-bond acceptors (Lipinski definition) is 2. The summed E-state index contributed by atoms with van der Waals surface area (Å²) < 4.78 is 0. The van der Waals surface area contributed by atoms with Crippen molar-refractivity contribution >= 4 is 16.7 Å². The smallest absolute Gasteiger partial charge is 0.178 e. The largest absolute Gasteiger partial charge is 0.358 e. The SMILES string of the molecule is Cc1[nH]c2ccccc2c1C(=O)CN. The van der Waals surface area contributed by atoms with Gasteiger partial charge in [0.25, 0.3) is 0 Å². The number of hydrogen-bond donors (Lipinski definition) is 2. The quantitative estimate of drug-likeness (QED) is 0.703. The molecule has 0 aliphatic heterocycles. The first-order valence-corrected chi connectivity index (χ1v) is 4.54. The van der Waals surface area contributed by atoms with Crippen LogP contribution in [0.3, 0.4) is 0 Å². The number of H-pyrrole nitrogens is 1. The van der Waals surface area contributed by atoms with Crippen LogP contribution in [-0.4, -0.2) is 17.3 Å². The number of nitrogens with one attached hydrogen (secondary N) is 1. The molecule has 1 aromatic carbocycles. The fourth-order valence-electron chi connectivity index (χ4n) is 1.74. The first-order valence-electron chi connectivity index (χ1n) is 4.54. The average molecular weight is 188 g/mol. The van der Waals surface area contributed by atoms with E-state index in [-0.39, 0.29) is 12.3 Å². The number of nitrogens with two attached hydrogens (primary N) is 1. The van der Waals surface area contributed by atoms with Gasteiger partial charge in [0.05, 0.1) is 6.54 Å². The molecule has 0 aliphatic rings. The van der Waals surface area contributed by atoms with E-state index >= 15 is 0 Å². The molecule has 0 saturated heterocycles. The van der Waals surface area contributed by atoms with Gasteiger partial charge in [-0.15, -0.1) is 0 Å². The van der Waals surface area contributed by atoms with Crippen LogP contribution in [-0.2, 0) is 0 Å². The fourth-order valence-corrected chi connectivity index (χ4v) is 1.74. The van der Waals surface area contributed by atoms with Crippen LogP contribution in [0.15, 0.2) is 24.3 Å². The first kappa shape index (κ1) is 8.97. The highest BCUT2D eigenvalue weighted by atomic mass is 16.1. The molecule has 2 rings (SSSR count). The van der Waals surface area contributed by atoms with Gasteiger partial charge in [-0.2, -0.15) is 0 Å². The summed E-state index contributed by atoms with van der Waals surface area (Å²) in [5.74, 6) is -0.0139. The molecule has 0 spiro atoms. The second-order valence-electron chi connectivity index (χ2n) is 3.30. The minimum absolute atomic E-state index is 0.0139. The molecule has 3 N–H and O–H groups in total. The van der Waals surface area contributed by atoms with Gasteiger partial charge in [-0.1, -0.05) is 18.2 Å². The summed E-state index contributed by atoms with van der Waals surface area (Å²) in [4.78, 5) is 14.7. The van der Waals surface area contributed by atoms with E-state index in [1.807, 2.05) is 31.2 Å². The molecular formula is C11H12N2O. The van der Waals surface area contributed by atoms with E-state index in [0.29, 0.717) is 0 Å². The molecule has 0 fully saturated rings. The number of aromatic nitrogens is 1. The van der Waals surface area contributed by atoms with E-state index in [1.54, 1.807) is 0 Å². The second kappa shape index (κ2) is 3.27. The van der Waals surface area contributed by atoms with Crippen LogP contribution >= 0.6 is 0 Å². The van der Waals surface area contributed by atoms with Crippen molar-refractivity contribution in [3.05, 3.63) is 35.5 Å². The van der Waals surface area contributed by atoms with E-state index < -0.39 is 0 Å². The maximum atomic E-state index is 11.6. The standard InChI is InChI=1S/C11H12N2O/c1-7-11(10(14)6-12)8-4-2-3-5-9(8)13-7/h2-5,13H,6,12H2,1H3. The highest BCUT2D eigenvalue weighted by Gasteiger charge is 2.13. The number of fused-ring (bicyclic) bond motifs is 1. The summed E-state index contributed by atoms with van der Waals surface area (Å²) in [6, 6.07) is 7.75. The number of aromatic amines is 1. The molecule has 0 atom stereocenters. The van der Waals surface area contributed by atoms with Crippen molar-refractivity contribution in [2.24, 2.45) is 5.73 Å². The molecule has 0 aliphatic carbocycles. The van der Waals surface area contributed by atoms with Crippen molar-refractivity contribution in [1.29, 1.82) is 0 Å². The van der Waals surface area contributed by atoms with Crippen molar-refractivity contribution in [3.8, 4) is 0 Å². The minimum Gasteiger partial charge on any atom is -0.358 e. The predicted octanol–water partition coefficient (Wildman–Crippen LogP) is 1.62. The number of para-hydroxylation sites is 1. The lowest BCUT2D eigenvalue weighted by Crippen LogP contribution is -2.14. The molecule has 0 unspecified atom stereocenters. The molecule has 0 saturated carbocycles. The van der Waals surface area contributed by atoms with Gasteiger partial charge in [0.15, 0.2) is 5.78 Å². The molecule has 0 amide bonds. The number of carbonyl (C=O) groups is 1. The van der Waals surface area contributed by atoms with Crippen molar-refractivity contribution in [2.45, 2.75) is 6.92 Å². The Morgan fingerprint density at radius 3 is 2.86 bits per heavy atom. The zero-order chi connectivity index (χ0) is 10.1. The van der Waals surface area contributed by atoms with E-state index in [0.717, 1.165) is 22.2 Å². The van der Waals surface area contributed by atoms with E-state index in [2.05, 4.69) is 4.98 Å². The highest BCUT2D eigenvalue weighted by molar-refractivity contribution is 6.09. The molecule has 1 heterocycles. The Morgan fingerprint density at radius 2 is 2.14 bits per heavy atom. The maximum Gasteiger partial charge on any atom is 0.178 e. The zero-order valence-electron chi connectivity index (χ0n) is 8.00. The number of carbonyl (C=O) groups excluding carboxylic acids is 1. The minimum atomic E-state index is -0.0139. The Labute approximate surface area is 81.9 Å². The summed E-state index contributed by atoms with van der Waals surface area (Å²) in [6.45, 7) is 1.95. The van der Waals surface area contributed by atoms with Crippen LogP contribution in [0.2, 0.25) is 0 Å². The number of benzene rings is 1. The number of rotatable bonds is 2. The lowest BCUT2D eigenvalue weighted by Gasteiger charge is -1.96. The van der Waals surface area contributed by atoms with Crippen LogP contribution in [0, 0.1) is 6.92 Å². The Hall–Kier alpha value is -1.61. The van der Waals surface area contributed by atoms with Gasteiger partial charge in [-0.3, -0.25) is 4.79 Å². The molecule has 72 valence electrons. The summed E-state index contributed by atoms with van der Waals surface area (Å²) in [5.41, 5.74) is 7.96. The topological polar surface area (TPSA) is 58.9 Å². The monoisotopic (exact) mass is 188 g/mol. The second-order valence-corrected chi connectivity index (χ2v) is 3.30. The Kier molecular flexibility index (Phi) is 2.09. The summed E-state index contributed by atoms with van der Waals surface area (Å²) in [6.07, 6.45) is 0. The Bertz CT molecular complexity index is 485. The van der Waals surface area contributed by atoms with Gasteiger partial charge in [0.2, 0.25) is 0 Å². The lowest BCUT2D eigenvalue weighted by atomic mass is 10.1. The number of Topliss-reactive ketones (excluding diaryl/α,β-unsaturated/α-hetero) is 1. The van der Waals surface area contributed by atoms with Gasteiger partial charge in [-0.25, -0.2) is 0 Å². The summed E-state index contributed by atoms with van der Waals surface area (Å²) in [5, 5.41) is 0.959. The third-order valence-electron chi connectivity index (χ3n) is 2.36. The van der Waals surface area contributed by atoms with Crippen LogP contribution < -0.4 is 5.73 Å². The summed E-state index contributed by atoms with van der Waals surface area (Å²) >= 11 is 0. The maximum absolute atomic E-state index is 11.6. The number of ketones is 1. The van der Waals surface area contributed by atoms with Crippen LogP contribution in [0.4, 0.5) is 0 Å². The molecule has 14 heavy (non-hydrogen) atoms. The van der Waals surface area contributed by atoms with Crippen LogP contribution in [0.5, 0.6) is 0 Å². The van der Waals surface area contributed by atoms with E-state index in [9.17, 15) is 4.79 Å². The lowest BCUT2D eigenvalue weighted by molar-refractivity contribution is 0.100. The highest BCUT2D eigenvalue weighted by Crippen LogP contribution is 2.21. The zero-order valence-corrected chi connectivity index (χ0v) is 8.00. The van der Waals surface area contributed by atoms with Crippen molar-refractivity contribution in [2.75, 3.05) is 6.54 Å². The van der Waals surface area contributed by atoms with Gasteiger partial charge in [0.1, 0.15) is 0 Å². The van der Waals surface area contributed by atoms with Gasteiger partial charge in [0, 0.05) is 22.2 Å². The predicted molar refractivity (Wildman–Crippen MR) is 56.4 cm³/mol. The molecule has 1 aromatic heterocycles. The molecular weight excluding hydrogens is 176 g/mol. The van der Waals surface area contributed by atoms with Crippen LogP contribution in [0.1, 0.15) is 16.1 Å². The van der Waals surface area contributed by atoms with Crippen molar-refractivity contribution in [1.82, 2.24) is 4.98 Å². The molecule has 0 radical (unpaired) electrons. The average Bonchev–Trinajstić information content (AvgIpc) is 2.53. The van der Waals surface area contributed by atoms with Crippen molar-refractivity contribution in [3.63, 3.8) is 0 Å². The Morgan fingerprint density at radius 1 is 1.43 bits per heavy atom. The third kappa shape index (κ3) is 1.22. The van der Waals surface area contributed by atoms with Crippen molar-refractivity contribution < 1.29 is 4.79 Å². The number of aryl methyl sites for hydroxylation is 1. The molecule has 3 heteroatoms. The molecule has 0 bridgehead atoms. The Balaban J connectivity index is 2.74. The third-order valence-corrected chi connectivity index (χ3v) is 2.36. The first-order chi connectivity index (χ1) is 6.74. The normalized spacial score (nSPS) is 10.7. The fraction of sp³-hybridized carbons (Fsp3) is 0.182. The van der Waals surface area contributed by atoms with Gasteiger partial charge < -0.3 is 10.7 Å².